The lowest BCUT2D eigenvalue weighted by Gasteiger charge is -2.14. The molecule has 0 saturated carbocycles. The van der Waals surface area contributed by atoms with Crippen LogP contribution in [0, 0.1) is 0 Å². The van der Waals surface area contributed by atoms with Crippen LogP contribution in [0.4, 0.5) is 4.79 Å². The van der Waals surface area contributed by atoms with Crippen LogP contribution in [0.15, 0.2) is 60.7 Å². The van der Waals surface area contributed by atoms with Crippen LogP contribution in [0.2, 0.25) is 0 Å². The van der Waals surface area contributed by atoms with Crippen LogP contribution in [-0.4, -0.2) is 12.1 Å². The smallest absolute Gasteiger partial charge is 0.407 e. The van der Waals surface area contributed by atoms with Crippen LogP contribution in [0.5, 0.6) is 0 Å². The monoisotopic (exact) mass is 283 g/mol. The van der Waals surface area contributed by atoms with Crippen molar-refractivity contribution in [1.82, 2.24) is 5.32 Å². The quantitative estimate of drug-likeness (QED) is 0.872. The Balaban J connectivity index is 1.67. The van der Waals surface area contributed by atoms with E-state index in [9.17, 15) is 4.79 Å². The van der Waals surface area contributed by atoms with Crippen LogP contribution in [0.1, 0.15) is 24.5 Å². The van der Waals surface area contributed by atoms with E-state index in [2.05, 4.69) is 17.4 Å². The second-order valence-corrected chi connectivity index (χ2v) is 5.13. The minimum atomic E-state index is -0.362. The Morgan fingerprint density at radius 3 is 2.19 bits per heavy atom. The summed E-state index contributed by atoms with van der Waals surface area (Å²) in [5.41, 5.74) is 2.27. The molecule has 0 fully saturated rings. The summed E-state index contributed by atoms with van der Waals surface area (Å²) in [5.74, 6) is 0. The summed E-state index contributed by atoms with van der Waals surface area (Å²) in [6.07, 6.45) is 1.48. The first-order valence-electron chi connectivity index (χ1n) is 7.25. The van der Waals surface area contributed by atoms with E-state index < -0.39 is 0 Å². The number of hydrogen-bond acceptors (Lipinski definition) is 2. The molecule has 1 amide bonds. The molecular formula is C18H21NO2. The van der Waals surface area contributed by atoms with Crippen LogP contribution >= 0.6 is 0 Å². The van der Waals surface area contributed by atoms with E-state index in [0.29, 0.717) is 6.61 Å². The van der Waals surface area contributed by atoms with Crippen molar-refractivity contribution in [2.75, 3.05) is 0 Å². The van der Waals surface area contributed by atoms with Crippen molar-refractivity contribution < 1.29 is 9.53 Å². The molecule has 0 aliphatic heterocycles. The molecule has 3 nitrogen and oxygen atoms in total. The van der Waals surface area contributed by atoms with Gasteiger partial charge in [0.1, 0.15) is 6.61 Å². The highest BCUT2D eigenvalue weighted by molar-refractivity contribution is 5.67. The Morgan fingerprint density at radius 1 is 1.00 bits per heavy atom. The van der Waals surface area contributed by atoms with E-state index in [1.807, 2.05) is 55.5 Å². The number of amides is 1. The molecular weight excluding hydrogens is 262 g/mol. The van der Waals surface area contributed by atoms with E-state index in [0.717, 1.165) is 18.4 Å². The molecule has 0 aliphatic carbocycles. The van der Waals surface area contributed by atoms with Crippen LogP contribution in [0.3, 0.4) is 0 Å². The first-order chi connectivity index (χ1) is 10.2. The van der Waals surface area contributed by atoms with E-state index in [4.69, 9.17) is 4.74 Å². The minimum Gasteiger partial charge on any atom is -0.445 e. The predicted octanol–water partition coefficient (Wildman–Crippen LogP) is 3.93. The van der Waals surface area contributed by atoms with E-state index >= 15 is 0 Å². The Kier molecular flexibility index (Phi) is 5.83. The van der Waals surface area contributed by atoms with Gasteiger partial charge >= 0.3 is 6.09 Å². The summed E-state index contributed by atoms with van der Waals surface area (Å²) >= 11 is 0. The number of aryl methyl sites for hydroxylation is 1. The molecule has 3 heteroatoms. The standard InChI is InChI=1S/C18H21NO2/c1-15(12-13-16-8-4-2-5-9-16)19-18(20)21-14-17-10-6-3-7-11-17/h2-11,15H,12-14H2,1H3,(H,19,20). The van der Waals surface area contributed by atoms with Gasteiger partial charge in [0.05, 0.1) is 0 Å². The molecule has 21 heavy (non-hydrogen) atoms. The van der Waals surface area contributed by atoms with Gasteiger partial charge in [0.2, 0.25) is 0 Å². The maximum Gasteiger partial charge on any atom is 0.407 e. The SMILES string of the molecule is CC(CCc1ccccc1)NC(=O)OCc1ccccc1. The van der Waals surface area contributed by atoms with Gasteiger partial charge in [-0.1, -0.05) is 60.7 Å². The third kappa shape index (κ3) is 5.69. The molecule has 1 N–H and O–H groups in total. The number of alkyl carbamates (subject to hydrolysis) is 1. The number of ether oxygens (including phenoxy) is 1. The van der Waals surface area contributed by atoms with Gasteiger partial charge in [-0.15, -0.1) is 0 Å². The van der Waals surface area contributed by atoms with E-state index in [1.54, 1.807) is 0 Å². The molecule has 0 heterocycles. The first-order valence-corrected chi connectivity index (χ1v) is 7.25. The topological polar surface area (TPSA) is 38.3 Å². The molecule has 0 bridgehead atoms. The Bertz CT molecular complexity index is 540. The van der Waals surface area contributed by atoms with Gasteiger partial charge in [-0.25, -0.2) is 4.79 Å². The summed E-state index contributed by atoms with van der Waals surface area (Å²) in [7, 11) is 0. The van der Waals surface area contributed by atoms with Gasteiger partial charge in [0, 0.05) is 6.04 Å². The zero-order chi connectivity index (χ0) is 14.9. The molecule has 0 aromatic heterocycles. The van der Waals surface area contributed by atoms with Crippen molar-refractivity contribution in [2.24, 2.45) is 0 Å². The second kappa shape index (κ2) is 8.10. The van der Waals surface area contributed by atoms with Gasteiger partial charge in [-0.3, -0.25) is 0 Å². The number of carbonyl (C=O) groups is 1. The molecule has 1 atom stereocenters. The van der Waals surface area contributed by atoms with Crippen molar-refractivity contribution >= 4 is 6.09 Å². The molecule has 0 radical (unpaired) electrons. The Hall–Kier alpha value is -2.29. The van der Waals surface area contributed by atoms with Crippen LogP contribution in [0.25, 0.3) is 0 Å². The van der Waals surface area contributed by atoms with Crippen LogP contribution < -0.4 is 5.32 Å². The highest BCUT2D eigenvalue weighted by Gasteiger charge is 2.08. The van der Waals surface area contributed by atoms with E-state index in [-0.39, 0.29) is 12.1 Å². The Labute approximate surface area is 126 Å². The van der Waals surface area contributed by atoms with Crippen molar-refractivity contribution in [2.45, 2.75) is 32.4 Å². The number of benzene rings is 2. The first kappa shape index (κ1) is 15.1. The lowest BCUT2D eigenvalue weighted by Crippen LogP contribution is -2.33. The number of hydrogen-bond donors (Lipinski definition) is 1. The zero-order valence-electron chi connectivity index (χ0n) is 12.3. The second-order valence-electron chi connectivity index (χ2n) is 5.13. The van der Waals surface area contributed by atoms with Gasteiger partial charge in [-0.05, 0) is 30.9 Å². The van der Waals surface area contributed by atoms with Gasteiger partial charge in [0.25, 0.3) is 0 Å². The predicted molar refractivity (Wildman–Crippen MR) is 84.0 cm³/mol. The fourth-order valence-electron chi connectivity index (χ4n) is 2.07. The van der Waals surface area contributed by atoms with Crippen molar-refractivity contribution in [3.05, 3.63) is 71.8 Å². The third-order valence-corrected chi connectivity index (χ3v) is 3.29. The third-order valence-electron chi connectivity index (χ3n) is 3.29. The Morgan fingerprint density at radius 2 is 1.57 bits per heavy atom. The highest BCUT2D eigenvalue weighted by Crippen LogP contribution is 2.05. The molecule has 2 rings (SSSR count). The maximum atomic E-state index is 11.7. The fourth-order valence-corrected chi connectivity index (χ4v) is 2.07. The lowest BCUT2D eigenvalue weighted by molar-refractivity contribution is 0.136. The maximum absolute atomic E-state index is 11.7. The number of nitrogens with one attached hydrogen (secondary N) is 1. The van der Waals surface area contributed by atoms with Crippen molar-refractivity contribution in [1.29, 1.82) is 0 Å². The molecule has 1 unspecified atom stereocenters. The van der Waals surface area contributed by atoms with Gasteiger partial charge < -0.3 is 10.1 Å². The number of carbonyl (C=O) groups excluding carboxylic acids is 1. The summed E-state index contributed by atoms with van der Waals surface area (Å²) in [6, 6.07) is 20.0. The van der Waals surface area contributed by atoms with E-state index in [1.165, 1.54) is 5.56 Å². The average Bonchev–Trinajstić information content (AvgIpc) is 2.53. The normalized spacial score (nSPS) is 11.7. The summed E-state index contributed by atoms with van der Waals surface area (Å²) < 4.78 is 5.20. The zero-order valence-corrected chi connectivity index (χ0v) is 12.3. The molecule has 2 aromatic carbocycles. The molecule has 0 saturated heterocycles. The highest BCUT2D eigenvalue weighted by atomic mass is 16.5. The van der Waals surface area contributed by atoms with Gasteiger partial charge in [0.15, 0.2) is 0 Å². The van der Waals surface area contributed by atoms with Gasteiger partial charge in [-0.2, -0.15) is 0 Å². The largest absolute Gasteiger partial charge is 0.445 e. The average molecular weight is 283 g/mol. The van der Waals surface area contributed by atoms with Crippen molar-refractivity contribution in [3.63, 3.8) is 0 Å². The van der Waals surface area contributed by atoms with Crippen molar-refractivity contribution in [3.8, 4) is 0 Å². The fraction of sp³-hybridized carbons (Fsp3) is 0.278. The summed E-state index contributed by atoms with van der Waals surface area (Å²) in [6.45, 7) is 2.30. The number of rotatable bonds is 6. The molecule has 110 valence electrons. The summed E-state index contributed by atoms with van der Waals surface area (Å²) in [5, 5.41) is 2.86. The van der Waals surface area contributed by atoms with Crippen LogP contribution in [-0.2, 0) is 17.8 Å². The molecule has 0 aliphatic rings. The summed E-state index contributed by atoms with van der Waals surface area (Å²) in [4.78, 5) is 11.7. The molecule has 0 spiro atoms. The molecule has 2 aromatic rings. The lowest BCUT2D eigenvalue weighted by atomic mass is 10.1. The minimum absolute atomic E-state index is 0.0912.